The summed E-state index contributed by atoms with van der Waals surface area (Å²) in [6.07, 6.45) is 3.21. The lowest BCUT2D eigenvalue weighted by Crippen LogP contribution is -2.28. The van der Waals surface area contributed by atoms with Crippen LogP contribution in [0.5, 0.6) is 5.75 Å². The summed E-state index contributed by atoms with van der Waals surface area (Å²) in [5.41, 5.74) is 6.91. The second-order valence-electron chi connectivity index (χ2n) is 7.07. The molecule has 10 heteroatoms. The number of hydrogen-bond donors (Lipinski definition) is 2. The molecule has 2 aromatic heterocycles. The van der Waals surface area contributed by atoms with Gasteiger partial charge in [-0.25, -0.2) is 27.4 Å². The van der Waals surface area contributed by atoms with Gasteiger partial charge in [0, 0.05) is 17.3 Å². The Morgan fingerprint density at radius 2 is 2.10 bits per heavy atom. The fourth-order valence-corrected chi connectivity index (χ4v) is 4.78. The summed E-state index contributed by atoms with van der Waals surface area (Å²) in [6.45, 7) is 4.86. The highest BCUT2D eigenvalue weighted by molar-refractivity contribution is 7.92. The summed E-state index contributed by atoms with van der Waals surface area (Å²) in [5, 5.41) is 3.96. The van der Waals surface area contributed by atoms with Crippen LogP contribution in [0.2, 0.25) is 0 Å². The van der Waals surface area contributed by atoms with Gasteiger partial charge >= 0.3 is 5.84 Å². The van der Waals surface area contributed by atoms with Crippen molar-refractivity contribution in [3.8, 4) is 5.75 Å². The molecule has 3 N–H and O–H groups in total. The predicted octanol–water partition coefficient (Wildman–Crippen LogP) is 2.16. The third-order valence-electron chi connectivity index (χ3n) is 4.67. The number of nitrogens with one attached hydrogen (secondary N) is 1. The number of nitrogens with two attached hydrogens (primary N) is 1. The topological polar surface area (TPSA) is 121 Å². The van der Waals surface area contributed by atoms with Gasteiger partial charge in [0.25, 0.3) is 0 Å². The van der Waals surface area contributed by atoms with E-state index in [0.29, 0.717) is 22.8 Å². The number of nitrogens with zero attached hydrogens (tertiary/aromatic N) is 3. The van der Waals surface area contributed by atoms with Gasteiger partial charge < -0.3 is 10.1 Å². The number of halogens is 1. The van der Waals surface area contributed by atoms with Crippen molar-refractivity contribution in [3.63, 3.8) is 0 Å². The van der Waals surface area contributed by atoms with Crippen molar-refractivity contribution < 1.29 is 17.5 Å². The monoisotopic (exact) mass is 444 g/mol. The number of benzene rings is 1. The van der Waals surface area contributed by atoms with Crippen LogP contribution in [0, 0.1) is 5.82 Å². The molecule has 3 aromatic rings. The Bertz CT molecular complexity index is 1270. The Morgan fingerprint density at radius 1 is 1.32 bits per heavy atom. The molecule has 162 valence electrons. The number of sulfone groups is 1. The van der Waals surface area contributed by atoms with E-state index < -0.39 is 27.3 Å². The average Bonchev–Trinajstić information content (AvgIpc) is 2.73. The Balaban J connectivity index is 1.88. The number of hydrogen-bond acceptors (Lipinski definition) is 6. The molecule has 31 heavy (non-hydrogen) atoms. The molecule has 0 radical (unpaired) electrons. The molecule has 2 heterocycles. The molecule has 0 saturated carbocycles. The molecule has 0 fully saturated rings. The smallest absolute Gasteiger partial charge is 0.355 e. The van der Waals surface area contributed by atoms with E-state index in [2.05, 4.69) is 26.7 Å². The average molecular weight is 445 g/mol. The van der Waals surface area contributed by atoms with Crippen LogP contribution in [0.25, 0.3) is 10.9 Å². The lowest BCUT2D eigenvalue weighted by atomic mass is 10.0. The molecule has 8 nitrogen and oxygen atoms in total. The quantitative estimate of drug-likeness (QED) is 0.310. The van der Waals surface area contributed by atoms with Crippen molar-refractivity contribution in [2.24, 2.45) is 5.73 Å². The lowest BCUT2D eigenvalue weighted by molar-refractivity contribution is 0.414. The van der Waals surface area contributed by atoms with E-state index >= 15 is 0 Å². The first-order chi connectivity index (χ1) is 14.7. The van der Waals surface area contributed by atoms with E-state index in [-0.39, 0.29) is 17.2 Å². The van der Waals surface area contributed by atoms with Crippen LogP contribution in [0.4, 0.5) is 15.9 Å². The lowest BCUT2D eigenvalue weighted by Gasteiger charge is -2.15. The summed E-state index contributed by atoms with van der Waals surface area (Å²) in [6, 6.07) is 8.04. The summed E-state index contributed by atoms with van der Waals surface area (Å²) in [4.78, 5) is 8.69. The zero-order chi connectivity index (χ0) is 22.6. The molecule has 0 saturated heterocycles. The molecule has 0 aliphatic rings. The van der Waals surface area contributed by atoms with Crippen LogP contribution in [-0.4, -0.2) is 49.6 Å². The van der Waals surface area contributed by atoms with E-state index in [9.17, 15) is 12.8 Å². The summed E-state index contributed by atoms with van der Waals surface area (Å²) in [7, 11) is -2.02. The minimum atomic E-state index is -3.58. The maximum atomic E-state index is 14.5. The highest BCUT2D eigenvalue weighted by Gasteiger charge is 2.23. The van der Waals surface area contributed by atoms with Crippen molar-refractivity contribution in [1.82, 2.24) is 14.6 Å². The summed E-state index contributed by atoms with van der Waals surface area (Å²) < 4.78 is 47.7. The Hall–Kier alpha value is -3.49. The van der Waals surface area contributed by atoms with Crippen molar-refractivity contribution >= 4 is 44.8 Å². The zero-order valence-electron chi connectivity index (χ0n) is 17.2. The Morgan fingerprint density at radius 3 is 2.81 bits per heavy atom. The van der Waals surface area contributed by atoms with Gasteiger partial charge in [-0.1, -0.05) is 6.92 Å². The van der Waals surface area contributed by atoms with Crippen molar-refractivity contribution in [3.05, 3.63) is 54.1 Å². The maximum absolute atomic E-state index is 14.5. The normalized spacial score (nSPS) is 12.2. The molecule has 3 rings (SSSR count). The minimum Gasteiger partial charge on any atom is -0.495 e. The standard InChI is InChI=1S/C21H22FN5O3S/c1-13(11-31(28,29)12-19(23)24-2)17-9-15(4-5-18(17)22)27-21-20-14(6-7-25-21)8-16(30-3)10-26-20/h4-10,13,23H,2,11-12H2,1,3H3,(H,25,27)/p+1. The number of fused-ring (bicyclic) bond motifs is 1. The van der Waals surface area contributed by atoms with E-state index in [4.69, 9.17) is 10.5 Å². The molecule has 0 aliphatic heterocycles. The fourth-order valence-electron chi connectivity index (χ4n) is 3.18. The number of aromatic nitrogens is 2. The van der Waals surface area contributed by atoms with Gasteiger partial charge in [-0.3, -0.25) is 5.73 Å². The van der Waals surface area contributed by atoms with Gasteiger partial charge in [0.2, 0.25) is 0 Å². The molecule has 0 amide bonds. The molecule has 1 aromatic carbocycles. The summed E-state index contributed by atoms with van der Waals surface area (Å²) >= 11 is 0. The molecule has 0 spiro atoms. The number of pyridine rings is 2. The maximum Gasteiger partial charge on any atom is 0.355 e. The SMILES string of the molecule is C=[N+]=C(N)CS(=O)(=O)CC(C)c1cc(Nc2nccc3cc(OC)cnc23)ccc1F. The number of methoxy groups -OCH3 is 1. The molecule has 1 unspecified atom stereocenters. The fraction of sp³-hybridized carbons (Fsp3) is 0.238. The Kier molecular flexibility index (Phi) is 6.53. The van der Waals surface area contributed by atoms with Gasteiger partial charge in [-0.15, -0.1) is 0 Å². The molecule has 1 atom stereocenters. The van der Waals surface area contributed by atoms with Crippen molar-refractivity contribution in [2.45, 2.75) is 12.8 Å². The van der Waals surface area contributed by atoms with Crippen LogP contribution in [0.1, 0.15) is 18.4 Å². The van der Waals surface area contributed by atoms with Crippen LogP contribution in [0.3, 0.4) is 0 Å². The van der Waals surface area contributed by atoms with Crippen molar-refractivity contribution in [1.29, 1.82) is 0 Å². The van der Waals surface area contributed by atoms with Gasteiger partial charge in [0.05, 0.1) is 19.1 Å². The first kappa shape index (κ1) is 22.2. The van der Waals surface area contributed by atoms with Crippen LogP contribution < -0.4 is 20.5 Å². The number of amidine groups is 1. The van der Waals surface area contributed by atoms with Gasteiger partial charge in [-0.05, 0) is 41.8 Å². The van der Waals surface area contributed by atoms with E-state index in [1.165, 1.54) is 6.07 Å². The van der Waals surface area contributed by atoms with Crippen molar-refractivity contribution in [2.75, 3.05) is 23.9 Å². The molecule has 0 aliphatic carbocycles. The molecular weight excluding hydrogens is 421 g/mol. The predicted molar refractivity (Wildman–Crippen MR) is 121 cm³/mol. The van der Waals surface area contributed by atoms with Crippen LogP contribution in [-0.2, 0) is 9.84 Å². The molecular formula is C21H23FN5O3S+. The minimum absolute atomic E-state index is 0.0887. The highest BCUT2D eigenvalue weighted by atomic mass is 32.2. The van der Waals surface area contributed by atoms with Gasteiger partial charge in [0.1, 0.15) is 17.1 Å². The second-order valence-corrected chi connectivity index (χ2v) is 9.18. The number of ether oxygens (including phenoxy) is 1. The third kappa shape index (κ3) is 5.36. The highest BCUT2D eigenvalue weighted by Crippen LogP contribution is 2.28. The Labute approximate surface area is 179 Å². The van der Waals surface area contributed by atoms with E-state index in [1.807, 2.05) is 6.07 Å². The van der Waals surface area contributed by atoms with Crippen LogP contribution in [0.15, 0.2) is 42.7 Å². The third-order valence-corrected chi connectivity index (χ3v) is 6.42. The largest absolute Gasteiger partial charge is 0.495 e. The number of rotatable bonds is 8. The first-order valence-electron chi connectivity index (χ1n) is 9.36. The van der Waals surface area contributed by atoms with E-state index in [1.54, 1.807) is 44.6 Å². The second kappa shape index (κ2) is 9.11. The van der Waals surface area contributed by atoms with Gasteiger partial charge in [0.15, 0.2) is 28.1 Å². The number of anilines is 2. The first-order valence-corrected chi connectivity index (χ1v) is 11.2. The molecule has 0 bridgehead atoms. The summed E-state index contributed by atoms with van der Waals surface area (Å²) in [5.74, 6) is -0.791. The van der Waals surface area contributed by atoms with Crippen LogP contribution >= 0.6 is 0 Å². The van der Waals surface area contributed by atoms with E-state index in [0.717, 1.165) is 5.39 Å². The zero-order valence-corrected chi connectivity index (χ0v) is 18.0. The van der Waals surface area contributed by atoms with Gasteiger partial charge in [-0.2, -0.15) is 0 Å².